The van der Waals surface area contributed by atoms with Gasteiger partial charge in [-0.3, -0.25) is 14.3 Å². The molecular formula is C24H19F3N4O2. The summed E-state index contributed by atoms with van der Waals surface area (Å²) in [7, 11) is 1.64. The Morgan fingerprint density at radius 1 is 1.12 bits per heavy atom. The number of pyridine rings is 1. The van der Waals surface area contributed by atoms with E-state index in [0.717, 1.165) is 17.7 Å². The molecule has 1 aliphatic heterocycles. The van der Waals surface area contributed by atoms with Crippen LogP contribution < -0.4 is 5.43 Å². The highest BCUT2D eigenvalue weighted by molar-refractivity contribution is 5.98. The Morgan fingerprint density at radius 3 is 2.58 bits per heavy atom. The molecule has 9 heteroatoms. The van der Waals surface area contributed by atoms with Gasteiger partial charge in [-0.2, -0.15) is 5.10 Å². The third-order valence-electron chi connectivity index (χ3n) is 6.17. The standard InChI is InChI=1S/C24H19F3N4O2/c1-12-22-15(23(30(2)29-22)14-10-17(25)21(27)18(26)11-14)6-8-31(12)24(33)13-3-4-19-16(9-13)20(32)5-7-28-19/h3-5,7,9-12H,6,8H2,1-2H3,(H,28,32)/t12-/m0/s1. The van der Waals surface area contributed by atoms with E-state index < -0.39 is 23.5 Å². The molecule has 6 nitrogen and oxygen atoms in total. The second-order valence-corrected chi connectivity index (χ2v) is 8.12. The van der Waals surface area contributed by atoms with Gasteiger partial charge in [0.15, 0.2) is 22.9 Å². The first-order valence-corrected chi connectivity index (χ1v) is 10.4. The summed E-state index contributed by atoms with van der Waals surface area (Å²) in [5.41, 5.74) is 2.88. The van der Waals surface area contributed by atoms with E-state index in [1.807, 2.05) is 6.92 Å². The molecule has 0 saturated carbocycles. The number of carbonyl (C=O) groups is 1. The first-order chi connectivity index (χ1) is 15.8. The van der Waals surface area contributed by atoms with Gasteiger partial charge in [-0.15, -0.1) is 0 Å². The van der Waals surface area contributed by atoms with E-state index in [1.165, 1.54) is 10.7 Å². The Labute approximate surface area is 186 Å². The quantitative estimate of drug-likeness (QED) is 0.466. The molecule has 1 atom stereocenters. The van der Waals surface area contributed by atoms with Crippen molar-refractivity contribution >= 4 is 16.8 Å². The molecule has 1 N–H and O–H groups in total. The van der Waals surface area contributed by atoms with Gasteiger partial charge in [-0.1, -0.05) is 0 Å². The van der Waals surface area contributed by atoms with Crippen molar-refractivity contribution < 1.29 is 18.0 Å². The smallest absolute Gasteiger partial charge is 0.254 e. The van der Waals surface area contributed by atoms with E-state index in [-0.39, 0.29) is 16.9 Å². The maximum absolute atomic E-state index is 13.8. The van der Waals surface area contributed by atoms with Crippen LogP contribution in [0.15, 0.2) is 47.4 Å². The third-order valence-corrected chi connectivity index (χ3v) is 6.17. The fraction of sp³-hybridized carbons (Fsp3) is 0.208. The molecule has 1 amide bonds. The average Bonchev–Trinajstić information content (AvgIpc) is 3.14. The van der Waals surface area contributed by atoms with Crippen molar-refractivity contribution in [3.8, 4) is 11.3 Å². The van der Waals surface area contributed by atoms with E-state index in [4.69, 9.17) is 0 Å². The molecule has 0 radical (unpaired) electrons. The molecule has 0 unspecified atom stereocenters. The van der Waals surface area contributed by atoms with Crippen molar-refractivity contribution in [2.75, 3.05) is 6.54 Å². The summed E-state index contributed by atoms with van der Waals surface area (Å²) in [5, 5.41) is 4.93. The van der Waals surface area contributed by atoms with Gasteiger partial charge < -0.3 is 9.88 Å². The zero-order chi connectivity index (χ0) is 23.4. The highest BCUT2D eigenvalue weighted by Gasteiger charge is 2.33. The number of halogens is 3. The number of carbonyl (C=O) groups excluding carboxylic acids is 1. The number of aromatic nitrogens is 3. The average molecular weight is 452 g/mol. The number of fused-ring (bicyclic) bond motifs is 2. The van der Waals surface area contributed by atoms with Crippen LogP contribution in [0.25, 0.3) is 22.2 Å². The van der Waals surface area contributed by atoms with E-state index >= 15 is 0 Å². The number of H-pyrrole nitrogens is 1. The van der Waals surface area contributed by atoms with Crippen LogP contribution in [-0.2, 0) is 13.5 Å². The number of rotatable bonds is 2. The molecule has 0 spiro atoms. The highest BCUT2D eigenvalue weighted by Crippen LogP contribution is 2.36. The summed E-state index contributed by atoms with van der Waals surface area (Å²) in [6, 6.07) is 7.82. The Morgan fingerprint density at radius 2 is 1.85 bits per heavy atom. The van der Waals surface area contributed by atoms with Crippen molar-refractivity contribution in [3.05, 3.63) is 87.1 Å². The largest absolute Gasteiger partial charge is 0.361 e. The van der Waals surface area contributed by atoms with Crippen molar-refractivity contribution in [1.82, 2.24) is 19.7 Å². The first-order valence-electron chi connectivity index (χ1n) is 10.4. The van der Waals surface area contributed by atoms with Crippen LogP contribution in [0.5, 0.6) is 0 Å². The minimum Gasteiger partial charge on any atom is -0.361 e. The van der Waals surface area contributed by atoms with Crippen LogP contribution in [0.2, 0.25) is 0 Å². The first kappa shape index (κ1) is 21.0. The van der Waals surface area contributed by atoms with Crippen molar-refractivity contribution in [3.63, 3.8) is 0 Å². The zero-order valence-electron chi connectivity index (χ0n) is 17.8. The summed E-state index contributed by atoms with van der Waals surface area (Å²) in [6.07, 6.45) is 1.96. The number of aryl methyl sites for hydroxylation is 1. The van der Waals surface area contributed by atoms with Gasteiger partial charge in [0.1, 0.15) is 0 Å². The number of hydrogen-bond acceptors (Lipinski definition) is 3. The number of hydrogen-bond donors (Lipinski definition) is 1. The molecule has 168 valence electrons. The van der Waals surface area contributed by atoms with Crippen molar-refractivity contribution in [2.24, 2.45) is 7.05 Å². The van der Waals surface area contributed by atoms with Gasteiger partial charge in [0.2, 0.25) is 0 Å². The fourth-order valence-electron chi connectivity index (χ4n) is 4.54. The van der Waals surface area contributed by atoms with Gasteiger partial charge in [-0.05, 0) is 43.7 Å². The van der Waals surface area contributed by atoms with Gasteiger partial charge in [0.05, 0.1) is 17.4 Å². The lowest BCUT2D eigenvalue weighted by atomic mass is 9.95. The Balaban J connectivity index is 1.52. The predicted molar refractivity (Wildman–Crippen MR) is 116 cm³/mol. The number of benzene rings is 2. The normalized spacial score (nSPS) is 15.7. The maximum Gasteiger partial charge on any atom is 0.254 e. The van der Waals surface area contributed by atoms with E-state index in [1.54, 1.807) is 36.3 Å². The van der Waals surface area contributed by atoms with Crippen LogP contribution in [0.4, 0.5) is 13.2 Å². The summed E-state index contributed by atoms with van der Waals surface area (Å²) >= 11 is 0. The summed E-state index contributed by atoms with van der Waals surface area (Å²) < 4.78 is 42.6. The lowest BCUT2D eigenvalue weighted by molar-refractivity contribution is 0.0674. The van der Waals surface area contributed by atoms with Crippen molar-refractivity contribution in [1.29, 1.82) is 0 Å². The van der Waals surface area contributed by atoms with Gasteiger partial charge >= 0.3 is 0 Å². The molecule has 2 aromatic heterocycles. The van der Waals surface area contributed by atoms with Crippen LogP contribution in [0.1, 0.15) is 34.6 Å². The van der Waals surface area contributed by atoms with E-state index in [2.05, 4.69) is 10.1 Å². The number of nitrogens with one attached hydrogen (secondary N) is 1. The Kier molecular flexibility index (Phi) is 4.84. The Bertz CT molecular complexity index is 1470. The monoisotopic (exact) mass is 452 g/mol. The lowest BCUT2D eigenvalue weighted by Crippen LogP contribution is -2.39. The van der Waals surface area contributed by atoms with Crippen LogP contribution in [0.3, 0.4) is 0 Å². The van der Waals surface area contributed by atoms with Crippen molar-refractivity contribution in [2.45, 2.75) is 19.4 Å². The SMILES string of the molecule is C[C@H]1c2nn(C)c(-c3cc(F)c(F)c(F)c3)c2CCN1C(=O)c1ccc2[nH]ccc(=O)c2c1. The third kappa shape index (κ3) is 3.31. The molecule has 0 aliphatic carbocycles. The van der Waals surface area contributed by atoms with Crippen LogP contribution in [0, 0.1) is 17.5 Å². The lowest BCUT2D eigenvalue weighted by Gasteiger charge is -2.33. The summed E-state index contributed by atoms with van der Waals surface area (Å²) in [4.78, 5) is 30.1. The minimum absolute atomic E-state index is 0.180. The second-order valence-electron chi connectivity index (χ2n) is 8.12. The topological polar surface area (TPSA) is 71.0 Å². The second kappa shape index (κ2) is 7.61. The molecule has 1 aliphatic rings. The van der Waals surface area contributed by atoms with E-state index in [0.29, 0.717) is 40.8 Å². The molecule has 2 aromatic carbocycles. The number of nitrogens with zero attached hydrogens (tertiary/aromatic N) is 3. The molecule has 5 rings (SSSR count). The van der Waals surface area contributed by atoms with Gasteiger partial charge in [-0.25, -0.2) is 13.2 Å². The zero-order valence-corrected chi connectivity index (χ0v) is 17.8. The molecule has 3 heterocycles. The van der Waals surface area contributed by atoms with Crippen LogP contribution >= 0.6 is 0 Å². The van der Waals surface area contributed by atoms with Gasteiger partial charge in [0.25, 0.3) is 5.91 Å². The van der Waals surface area contributed by atoms with E-state index in [9.17, 15) is 22.8 Å². The molecular weight excluding hydrogens is 433 g/mol. The summed E-state index contributed by atoms with van der Waals surface area (Å²) in [6.45, 7) is 2.17. The maximum atomic E-state index is 13.8. The Hall–Kier alpha value is -3.88. The predicted octanol–water partition coefficient (Wildman–Crippen LogP) is 4.11. The number of aromatic amines is 1. The molecule has 0 bridgehead atoms. The highest BCUT2D eigenvalue weighted by atomic mass is 19.2. The fourth-order valence-corrected chi connectivity index (χ4v) is 4.54. The molecule has 4 aromatic rings. The minimum atomic E-state index is -1.52. The molecule has 0 fully saturated rings. The molecule has 33 heavy (non-hydrogen) atoms. The summed E-state index contributed by atoms with van der Waals surface area (Å²) in [5.74, 6) is -4.31. The van der Waals surface area contributed by atoms with Crippen LogP contribution in [-0.4, -0.2) is 32.1 Å². The number of amides is 1. The van der Waals surface area contributed by atoms with Gasteiger partial charge in [0, 0.05) is 53.4 Å². The molecule has 0 saturated heterocycles.